The lowest BCUT2D eigenvalue weighted by Crippen LogP contribution is -2.56. The van der Waals surface area contributed by atoms with Gasteiger partial charge in [-0.3, -0.25) is 4.79 Å². The molecule has 1 N–H and O–H groups in total. The Morgan fingerprint density at radius 3 is 2.52 bits per heavy atom. The van der Waals surface area contributed by atoms with E-state index < -0.39 is 23.6 Å². The maximum Gasteiger partial charge on any atom is 0.419 e. The van der Waals surface area contributed by atoms with Crippen LogP contribution < -0.4 is 4.90 Å². The smallest absolute Gasteiger partial charge is 0.391 e. The average molecular weight is 443 g/mol. The molecule has 2 atom stereocenters. The fourth-order valence-electron chi connectivity index (χ4n) is 4.92. The summed E-state index contributed by atoms with van der Waals surface area (Å²) < 4.78 is 52.7. The van der Waals surface area contributed by atoms with Crippen LogP contribution in [-0.4, -0.2) is 72.2 Å². The van der Waals surface area contributed by atoms with Gasteiger partial charge in [0.05, 0.1) is 11.7 Å². The summed E-state index contributed by atoms with van der Waals surface area (Å²) in [6, 6.07) is 2.26. The zero-order valence-electron chi connectivity index (χ0n) is 17.7. The minimum atomic E-state index is -4.78. The molecule has 1 saturated carbocycles. The molecule has 2 heterocycles. The topological polar surface area (TPSA) is 47.0 Å². The Kier molecular flexibility index (Phi) is 5.93. The number of carbonyl (C=O) groups excluding carboxylic acids is 1. The number of aliphatic hydroxyl groups excluding tert-OH is 1. The van der Waals surface area contributed by atoms with Crippen molar-refractivity contribution in [2.75, 3.05) is 44.2 Å². The number of likely N-dealkylation sites (tertiary alicyclic amines) is 1. The Morgan fingerprint density at radius 2 is 1.87 bits per heavy atom. The van der Waals surface area contributed by atoms with E-state index >= 15 is 0 Å². The van der Waals surface area contributed by atoms with Crippen molar-refractivity contribution in [2.45, 2.75) is 50.9 Å². The van der Waals surface area contributed by atoms with Crippen LogP contribution >= 0.6 is 0 Å². The standard InChI is InChI=1S/C22H29F4N3O2/c1-15-20(31)28(9-2-8-27-10-7-21(5-6-21)19(30)14-27)11-12-29(15)16-3-4-18(23)17(13-16)22(24,25)26/h3-4,13,15,19,30H,2,5-12,14H2,1H3. The van der Waals surface area contributed by atoms with E-state index in [2.05, 4.69) is 4.90 Å². The molecule has 2 aliphatic heterocycles. The van der Waals surface area contributed by atoms with E-state index in [1.165, 1.54) is 6.07 Å². The zero-order chi connectivity index (χ0) is 22.4. The van der Waals surface area contributed by atoms with Gasteiger partial charge in [0.15, 0.2) is 0 Å². The molecule has 5 nitrogen and oxygen atoms in total. The number of β-amino-alcohol motifs (C(OH)–C–C–N with tert-alkyl or cyclic N) is 1. The van der Waals surface area contributed by atoms with Crippen LogP contribution in [0.25, 0.3) is 0 Å². The molecule has 4 rings (SSSR count). The Morgan fingerprint density at radius 1 is 1.13 bits per heavy atom. The highest BCUT2D eigenvalue weighted by molar-refractivity contribution is 5.86. The third-order valence-corrected chi connectivity index (χ3v) is 7.19. The molecule has 3 aliphatic rings. The molecule has 0 radical (unpaired) electrons. The molecule has 31 heavy (non-hydrogen) atoms. The van der Waals surface area contributed by atoms with E-state index in [1.54, 1.807) is 16.7 Å². The first-order valence-electron chi connectivity index (χ1n) is 10.9. The summed E-state index contributed by atoms with van der Waals surface area (Å²) in [6.45, 7) is 5.51. The second kappa shape index (κ2) is 8.24. The molecular formula is C22H29F4N3O2. The summed E-state index contributed by atoms with van der Waals surface area (Å²) in [5.74, 6) is -1.45. The second-order valence-corrected chi connectivity index (χ2v) is 9.14. The number of hydrogen-bond donors (Lipinski definition) is 1. The molecule has 2 saturated heterocycles. The van der Waals surface area contributed by atoms with Gasteiger partial charge < -0.3 is 19.8 Å². The molecule has 9 heteroatoms. The van der Waals surface area contributed by atoms with Crippen LogP contribution in [0.4, 0.5) is 23.2 Å². The van der Waals surface area contributed by atoms with E-state index in [4.69, 9.17) is 0 Å². The number of carbonyl (C=O) groups is 1. The molecule has 172 valence electrons. The number of alkyl halides is 3. The van der Waals surface area contributed by atoms with Crippen LogP contribution in [0.15, 0.2) is 18.2 Å². The number of halogens is 4. The summed E-state index contributed by atoms with van der Waals surface area (Å²) >= 11 is 0. The van der Waals surface area contributed by atoms with E-state index in [-0.39, 0.29) is 23.1 Å². The summed E-state index contributed by atoms with van der Waals surface area (Å²) in [5.41, 5.74) is -0.945. The molecule has 3 fully saturated rings. The number of rotatable bonds is 5. The van der Waals surface area contributed by atoms with Gasteiger partial charge in [-0.1, -0.05) is 0 Å². The number of benzene rings is 1. The molecule has 1 aromatic carbocycles. The van der Waals surface area contributed by atoms with Crippen molar-refractivity contribution in [3.05, 3.63) is 29.6 Å². The molecular weight excluding hydrogens is 414 g/mol. The number of nitrogens with zero attached hydrogens (tertiary/aromatic N) is 3. The minimum absolute atomic E-state index is 0.139. The predicted molar refractivity (Wildman–Crippen MR) is 108 cm³/mol. The van der Waals surface area contributed by atoms with E-state index in [0.29, 0.717) is 26.2 Å². The van der Waals surface area contributed by atoms with Crippen molar-refractivity contribution in [3.63, 3.8) is 0 Å². The third kappa shape index (κ3) is 4.53. The molecule has 1 aromatic rings. The summed E-state index contributed by atoms with van der Waals surface area (Å²) in [4.78, 5) is 18.4. The van der Waals surface area contributed by atoms with Crippen LogP contribution in [0.5, 0.6) is 0 Å². The van der Waals surface area contributed by atoms with Crippen molar-refractivity contribution < 1.29 is 27.5 Å². The number of aliphatic hydroxyl groups is 1. The average Bonchev–Trinajstić information content (AvgIpc) is 3.49. The lowest BCUT2D eigenvalue weighted by Gasteiger charge is -2.41. The number of anilines is 1. The van der Waals surface area contributed by atoms with E-state index in [0.717, 1.165) is 50.9 Å². The predicted octanol–water partition coefficient (Wildman–Crippen LogP) is 3.12. The van der Waals surface area contributed by atoms with Gasteiger partial charge in [0, 0.05) is 31.9 Å². The fraction of sp³-hybridized carbons (Fsp3) is 0.682. The van der Waals surface area contributed by atoms with E-state index in [1.807, 2.05) is 0 Å². The maximum absolute atomic E-state index is 13.6. The van der Waals surface area contributed by atoms with Crippen LogP contribution in [0.2, 0.25) is 0 Å². The number of piperidine rings is 1. The van der Waals surface area contributed by atoms with Gasteiger partial charge >= 0.3 is 6.18 Å². The lowest BCUT2D eigenvalue weighted by molar-refractivity contribution is -0.139. The summed E-state index contributed by atoms with van der Waals surface area (Å²) in [6.07, 6.45) is -0.985. The van der Waals surface area contributed by atoms with Crippen molar-refractivity contribution in [3.8, 4) is 0 Å². The quantitative estimate of drug-likeness (QED) is 0.711. The molecule has 0 bridgehead atoms. The van der Waals surface area contributed by atoms with Crippen molar-refractivity contribution >= 4 is 11.6 Å². The highest BCUT2D eigenvalue weighted by atomic mass is 19.4. The first kappa shape index (κ1) is 22.3. The molecule has 2 unspecified atom stereocenters. The number of amides is 1. The van der Waals surface area contributed by atoms with Crippen LogP contribution in [0.1, 0.15) is 38.2 Å². The summed E-state index contributed by atoms with van der Waals surface area (Å²) in [7, 11) is 0. The van der Waals surface area contributed by atoms with Crippen molar-refractivity contribution in [1.29, 1.82) is 0 Å². The number of hydrogen-bond acceptors (Lipinski definition) is 4. The van der Waals surface area contributed by atoms with Crippen molar-refractivity contribution in [2.24, 2.45) is 5.41 Å². The largest absolute Gasteiger partial charge is 0.419 e. The molecule has 0 aromatic heterocycles. The Labute approximate surface area is 179 Å². The Hall–Kier alpha value is -1.87. The van der Waals surface area contributed by atoms with Crippen LogP contribution in [0.3, 0.4) is 0 Å². The first-order chi connectivity index (χ1) is 14.6. The SMILES string of the molecule is CC1C(=O)N(CCCN2CCC3(CC3)C(O)C2)CCN1c1ccc(F)c(C(F)(F)F)c1. The highest BCUT2D eigenvalue weighted by Gasteiger charge is 2.51. The van der Waals surface area contributed by atoms with E-state index in [9.17, 15) is 27.5 Å². The zero-order valence-corrected chi connectivity index (χ0v) is 17.7. The first-order valence-corrected chi connectivity index (χ1v) is 10.9. The van der Waals surface area contributed by atoms with Gasteiger partial charge in [-0.2, -0.15) is 13.2 Å². The van der Waals surface area contributed by atoms with Gasteiger partial charge in [-0.25, -0.2) is 4.39 Å². The van der Waals surface area contributed by atoms with Gasteiger partial charge in [-0.15, -0.1) is 0 Å². The van der Waals surface area contributed by atoms with Gasteiger partial charge in [0.1, 0.15) is 11.9 Å². The van der Waals surface area contributed by atoms with Crippen LogP contribution in [0, 0.1) is 11.2 Å². The van der Waals surface area contributed by atoms with Gasteiger partial charge in [0.25, 0.3) is 0 Å². The molecule has 1 spiro atoms. The normalized spacial score (nSPS) is 26.6. The maximum atomic E-state index is 13.6. The summed E-state index contributed by atoms with van der Waals surface area (Å²) in [5, 5.41) is 10.3. The fourth-order valence-corrected chi connectivity index (χ4v) is 4.92. The molecule has 1 aliphatic carbocycles. The van der Waals surface area contributed by atoms with Crippen LogP contribution in [-0.2, 0) is 11.0 Å². The Bertz CT molecular complexity index is 827. The Balaban J connectivity index is 1.31. The third-order valence-electron chi connectivity index (χ3n) is 7.19. The van der Waals surface area contributed by atoms with Gasteiger partial charge in [-0.05, 0) is 69.3 Å². The lowest BCUT2D eigenvalue weighted by atomic mass is 9.90. The van der Waals surface area contributed by atoms with Crippen molar-refractivity contribution in [1.82, 2.24) is 9.80 Å². The molecule has 1 amide bonds. The second-order valence-electron chi connectivity index (χ2n) is 9.14. The monoisotopic (exact) mass is 443 g/mol. The highest BCUT2D eigenvalue weighted by Crippen LogP contribution is 2.53. The number of piperazine rings is 1. The minimum Gasteiger partial charge on any atom is -0.391 e. The van der Waals surface area contributed by atoms with Gasteiger partial charge in [0.2, 0.25) is 5.91 Å².